The van der Waals surface area contributed by atoms with Crippen molar-refractivity contribution in [2.45, 2.75) is 12.1 Å². The number of hydrogen-bond donors (Lipinski definition) is 2. The smallest absolute Gasteiger partial charge is 0.348 e. The maximum absolute atomic E-state index is 14.0. The summed E-state index contributed by atoms with van der Waals surface area (Å²) in [5.41, 5.74) is -2.41. The Labute approximate surface area is 221 Å². The number of ether oxygens (including phenoxy) is 1. The minimum Gasteiger partial charge on any atom is -0.422 e. The molecule has 2 N–H and O–H groups in total. The Kier molecular flexibility index (Phi) is 5.66. The molecule has 3 aliphatic heterocycles. The summed E-state index contributed by atoms with van der Waals surface area (Å²) in [6.07, 6.45) is 0.596. The monoisotopic (exact) mass is 530 g/mol. The van der Waals surface area contributed by atoms with Crippen molar-refractivity contribution in [2.75, 3.05) is 13.1 Å². The molecular weight excluding hydrogens is 511 g/mol. The second-order valence-corrected chi connectivity index (χ2v) is 9.58. The summed E-state index contributed by atoms with van der Waals surface area (Å²) in [7, 11) is 0. The molecule has 0 spiro atoms. The highest BCUT2D eigenvalue weighted by atomic mass is 35.5. The predicted octanol–water partition coefficient (Wildman–Crippen LogP) is 4.13. The zero-order valence-corrected chi connectivity index (χ0v) is 20.6. The highest BCUT2D eigenvalue weighted by molar-refractivity contribution is 6.33. The quantitative estimate of drug-likeness (QED) is 0.173. The number of carbonyl (C=O) groups excluding carboxylic acids is 3. The average molecular weight is 531 g/mol. The number of benzene rings is 3. The van der Waals surface area contributed by atoms with Gasteiger partial charge in [-0.25, -0.2) is 9.18 Å². The van der Waals surface area contributed by atoms with Crippen molar-refractivity contribution in [3.05, 3.63) is 123 Å². The van der Waals surface area contributed by atoms with Crippen LogP contribution in [0.2, 0.25) is 5.02 Å². The summed E-state index contributed by atoms with van der Waals surface area (Å²) >= 11 is 6.14. The van der Waals surface area contributed by atoms with Gasteiger partial charge in [0.25, 0.3) is 0 Å². The van der Waals surface area contributed by atoms with Crippen LogP contribution in [-0.2, 0) is 10.5 Å². The van der Waals surface area contributed by atoms with E-state index in [1.54, 1.807) is 30.3 Å². The molecule has 0 aromatic heterocycles. The van der Waals surface area contributed by atoms with Crippen molar-refractivity contribution in [3.63, 3.8) is 0 Å². The Balaban J connectivity index is 1.68. The van der Waals surface area contributed by atoms with Crippen molar-refractivity contribution in [3.8, 4) is 5.75 Å². The van der Waals surface area contributed by atoms with Crippen molar-refractivity contribution < 1.29 is 28.6 Å². The van der Waals surface area contributed by atoms with E-state index in [4.69, 9.17) is 16.3 Å². The lowest BCUT2D eigenvalue weighted by molar-refractivity contribution is -0.130. The zero-order chi connectivity index (χ0) is 26.6. The first-order valence-corrected chi connectivity index (χ1v) is 12.3. The molecule has 3 aliphatic rings. The highest BCUT2D eigenvalue weighted by Crippen LogP contribution is 2.50. The van der Waals surface area contributed by atoms with Gasteiger partial charge in [0.05, 0.1) is 11.1 Å². The summed E-state index contributed by atoms with van der Waals surface area (Å²) in [5.74, 6) is -2.49. The van der Waals surface area contributed by atoms with Crippen LogP contribution in [0, 0.1) is 5.82 Å². The molecule has 0 aliphatic carbocycles. The van der Waals surface area contributed by atoms with E-state index in [2.05, 4.69) is 5.32 Å². The highest BCUT2D eigenvalue weighted by Gasteiger charge is 2.56. The Morgan fingerprint density at radius 1 is 1.05 bits per heavy atom. The lowest BCUT2D eigenvalue weighted by Gasteiger charge is -2.41. The number of hydrogen-bond acceptors (Lipinski definition) is 7. The first-order chi connectivity index (χ1) is 18.3. The van der Waals surface area contributed by atoms with E-state index in [9.17, 15) is 23.9 Å². The molecule has 3 aromatic rings. The number of carbonyl (C=O) groups is 3. The van der Waals surface area contributed by atoms with Gasteiger partial charge in [-0.2, -0.15) is 0 Å². The summed E-state index contributed by atoms with van der Waals surface area (Å²) in [6, 6.07) is 17.7. The Hall–Kier alpha value is -4.27. The van der Waals surface area contributed by atoms with Crippen LogP contribution in [0.3, 0.4) is 0 Å². The molecule has 1 unspecified atom stereocenters. The summed E-state index contributed by atoms with van der Waals surface area (Å²) in [6.45, 7) is 0.792. The number of nitrogens with one attached hydrogen (secondary N) is 1. The lowest BCUT2D eigenvalue weighted by atomic mass is 9.82. The minimum absolute atomic E-state index is 0.0235. The van der Waals surface area contributed by atoms with Crippen molar-refractivity contribution in [1.29, 1.82) is 0 Å². The fraction of sp³-hybridized carbons (Fsp3) is 0.138. The van der Waals surface area contributed by atoms with Crippen molar-refractivity contribution in [2.24, 2.45) is 0 Å². The van der Waals surface area contributed by atoms with Crippen LogP contribution in [0.25, 0.3) is 0 Å². The van der Waals surface area contributed by atoms with Gasteiger partial charge >= 0.3 is 5.97 Å². The van der Waals surface area contributed by atoms with Gasteiger partial charge in [0.2, 0.25) is 5.78 Å². The lowest BCUT2D eigenvalue weighted by Crippen LogP contribution is -2.50. The molecule has 1 fully saturated rings. The van der Waals surface area contributed by atoms with Crippen LogP contribution in [-0.4, -0.2) is 40.6 Å². The zero-order valence-electron chi connectivity index (χ0n) is 19.8. The van der Waals surface area contributed by atoms with E-state index in [-0.39, 0.29) is 38.9 Å². The van der Waals surface area contributed by atoms with Gasteiger partial charge in [0.1, 0.15) is 23.0 Å². The molecule has 1 atom stereocenters. The summed E-state index contributed by atoms with van der Waals surface area (Å²) in [5, 5.41) is 15.9. The standard InChI is InChI=1S/C29H20ClFN2O5/c30-18-9-12-21-20(15-18)26(35)23(28(36)38-21)24-22(25(34)16-5-2-1-3-6-16)27-32-13-4-14-33(27)29(24,37)17-7-10-19(31)11-8-17/h1-3,5-12,15,32,37H,4,13-14H2/b24-23+. The Bertz CT molecular complexity index is 1580. The second kappa shape index (κ2) is 8.93. The van der Waals surface area contributed by atoms with E-state index in [0.717, 1.165) is 0 Å². The third-order valence-corrected chi connectivity index (χ3v) is 7.16. The third-order valence-electron chi connectivity index (χ3n) is 6.93. The van der Waals surface area contributed by atoms with Crippen LogP contribution < -0.4 is 10.1 Å². The van der Waals surface area contributed by atoms with Gasteiger partial charge < -0.3 is 20.1 Å². The van der Waals surface area contributed by atoms with Gasteiger partial charge in [0.15, 0.2) is 11.5 Å². The van der Waals surface area contributed by atoms with Gasteiger partial charge in [-0.3, -0.25) is 9.59 Å². The molecule has 0 radical (unpaired) electrons. The number of nitrogens with zero attached hydrogens (tertiary/aromatic N) is 1. The number of ketones is 2. The number of aliphatic hydroxyl groups is 1. The van der Waals surface area contributed by atoms with Crippen LogP contribution in [0.4, 0.5) is 4.39 Å². The van der Waals surface area contributed by atoms with E-state index >= 15 is 0 Å². The maximum atomic E-state index is 14.0. The van der Waals surface area contributed by atoms with Crippen LogP contribution >= 0.6 is 11.6 Å². The fourth-order valence-electron chi connectivity index (χ4n) is 5.23. The molecule has 3 aromatic carbocycles. The summed E-state index contributed by atoms with van der Waals surface area (Å²) in [4.78, 5) is 42.9. The summed E-state index contributed by atoms with van der Waals surface area (Å²) < 4.78 is 19.4. The number of halogens is 2. The number of esters is 1. The van der Waals surface area contributed by atoms with Crippen LogP contribution in [0.1, 0.15) is 32.7 Å². The first-order valence-electron chi connectivity index (χ1n) is 12.0. The molecule has 38 heavy (non-hydrogen) atoms. The van der Waals surface area contributed by atoms with Gasteiger partial charge in [0, 0.05) is 34.8 Å². The molecule has 0 saturated carbocycles. The normalized spacial score (nSPS) is 22.6. The van der Waals surface area contributed by atoms with Crippen LogP contribution in [0.15, 0.2) is 95.3 Å². The van der Waals surface area contributed by atoms with E-state index in [1.165, 1.54) is 47.4 Å². The molecule has 0 amide bonds. The molecule has 9 heteroatoms. The van der Waals surface area contributed by atoms with Crippen molar-refractivity contribution in [1.82, 2.24) is 10.2 Å². The van der Waals surface area contributed by atoms with E-state index < -0.39 is 34.7 Å². The number of fused-ring (bicyclic) bond motifs is 2. The van der Waals surface area contributed by atoms with E-state index in [0.29, 0.717) is 25.1 Å². The molecule has 0 bridgehead atoms. The van der Waals surface area contributed by atoms with E-state index in [1.807, 2.05) is 0 Å². The predicted molar refractivity (Wildman–Crippen MR) is 136 cm³/mol. The van der Waals surface area contributed by atoms with Crippen LogP contribution in [0.5, 0.6) is 5.75 Å². The first kappa shape index (κ1) is 24.1. The fourth-order valence-corrected chi connectivity index (χ4v) is 5.40. The molecule has 3 heterocycles. The average Bonchev–Trinajstić information content (AvgIpc) is 3.19. The molecule has 1 saturated heterocycles. The molecular formula is C29H20ClFN2O5. The topological polar surface area (TPSA) is 95.9 Å². The van der Waals surface area contributed by atoms with Crippen molar-refractivity contribution >= 4 is 29.1 Å². The van der Waals surface area contributed by atoms with Gasteiger partial charge in [-0.05, 0) is 36.8 Å². The number of rotatable bonds is 3. The van der Waals surface area contributed by atoms with Gasteiger partial charge in [-0.1, -0.05) is 54.1 Å². The Morgan fingerprint density at radius 3 is 2.53 bits per heavy atom. The number of Topliss-reactive ketones (excluding diaryl/α,β-unsaturated/α-hetero) is 2. The third kappa shape index (κ3) is 3.56. The Morgan fingerprint density at radius 2 is 1.79 bits per heavy atom. The second-order valence-electron chi connectivity index (χ2n) is 9.14. The minimum atomic E-state index is -2.16. The SMILES string of the molecule is O=C1Oc2ccc(Cl)cc2C(=O)/C1=C1/C(C(=O)c2ccccc2)=C2NCCCN2C1(O)c1ccc(F)cc1. The maximum Gasteiger partial charge on any atom is 0.348 e. The molecule has 190 valence electrons. The van der Waals surface area contributed by atoms with Gasteiger partial charge in [-0.15, -0.1) is 0 Å². The largest absolute Gasteiger partial charge is 0.422 e. The molecule has 6 rings (SSSR count). The molecule has 7 nitrogen and oxygen atoms in total.